The van der Waals surface area contributed by atoms with E-state index in [0.717, 1.165) is 0 Å². The first-order valence-corrected chi connectivity index (χ1v) is 6.14. The second-order valence-corrected chi connectivity index (χ2v) is 5.07. The largest absolute Gasteiger partial charge is 0.321 e. The molecule has 1 aromatic heterocycles. The number of nitrogens with zero attached hydrogens (tertiary/aromatic N) is 1. The van der Waals surface area contributed by atoms with Crippen LogP contribution in [0.5, 0.6) is 0 Å². The first-order valence-electron chi connectivity index (χ1n) is 6.14. The lowest BCUT2D eigenvalue weighted by Crippen LogP contribution is -2.03. The summed E-state index contributed by atoms with van der Waals surface area (Å²) >= 11 is 0. The highest BCUT2D eigenvalue weighted by Crippen LogP contribution is 2.27. The Morgan fingerprint density at radius 1 is 1.25 bits per heavy atom. The maximum atomic E-state index is 2.36. The fourth-order valence-corrected chi connectivity index (χ4v) is 2.35. The second kappa shape index (κ2) is 4.32. The molecule has 0 fully saturated rings. The van der Waals surface area contributed by atoms with E-state index in [1.54, 1.807) is 5.57 Å². The van der Waals surface area contributed by atoms with Gasteiger partial charge in [0.1, 0.15) is 0 Å². The minimum Gasteiger partial charge on any atom is -0.321 e. The van der Waals surface area contributed by atoms with Gasteiger partial charge in [-0.2, -0.15) is 0 Å². The van der Waals surface area contributed by atoms with Gasteiger partial charge in [0.2, 0.25) is 0 Å². The van der Waals surface area contributed by atoms with E-state index in [1.807, 2.05) is 0 Å². The second-order valence-electron chi connectivity index (χ2n) is 5.07. The van der Waals surface area contributed by atoms with Crippen molar-refractivity contribution in [1.82, 2.24) is 4.57 Å². The first kappa shape index (κ1) is 11.3. The number of allylic oxidation sites excluding steroid dienone is 4. The summed E-state index contributed by atoms with van der Waals surface area (Å²) in [5, 5.41) is 0. The predicted molar refractivity (Wildman–Crippen MR) is 70.3 cm³/mol. The van der Waals surface area contributed by atoms with E-state index in [4.69, 9.17) is 0 Å². The number of aromatic nitrogens is 1. The molecule has 1 aliphatic carbocycles. The van der Waals surface area contributed by atoms with Gasteiger partial charge in [-0.15, -0.1) is 0 Å². The van der Waals surface area contributed by atoms with Gasteiger partial charge in [0.15, 0.2) is 0 Å². The van der Waals surface area contributed by atoms with E-state index in [2.05, 4.69) is 56.7 Å². The van der Waals surface area contributed by atoms with E-state index in [-0.39, 0.29) is 0 Å². The summed E-state index contributed by atoms with van der Waals surface area (Å²) < 4.78 is 2.30. The summed E-state index contributed by atoms with van der Waals surface area (Å²) in [6, 6.07) is 2.23. The van der Waals surface area contributed by atoms with Crippen LogP contribution in [0.1, 0.15) is 37.9 Å². The molecular formula is C15H21N. The fourth-order valence-electron chi connectivity index (χ4n) is 2.35. The Balaban J connectivity index is 2.35. The number of rotatable bonds is 2. The molecule has 0 atom stereocenters. The third-order valence-electron chi connectivity index (χ3n) is 3.29. The molecule has 0 unspecified atom stereocenters. The molecule has 0 N–H and O–H groups in total. The van der Waals surface area contributed by atoms with Gasteiger partial charge in [0, 0.05) is 17.6 Å². The molecule has 1 nitrogen and oxygen atoms in total. The fraction of sp³-hybridized carbons (Fsp3) is 0.467. The van der Waals surface area contributed by atoms with Crippen molar-refractivity contribution in [2.75, 3.05) is 0 Å². The molecule has 1 aliphatic rings. The van der Waals surface area contributed by atoms with Crippen molar-refractivity contribution in [2.24, 2.45) is 5.92 Å². The quantitative estimate of drug-likeness (QED) is 0.692. The van der Waals surface area contributed by atoms with Gasteiger partial charge in [-0.25, -0.2) is 0 Å². The van der Waals surface area contributed by atoms with Gasteiger partial charge in [0.05, 0.1) is 0 Å². The van der Waals surface area contributed by atoms with Crippen LogP contribution in [-0.4, -0.2) is 4.57 Å². The average Bonchev–Trinajstić information content (AvgIpc) is 2.58. The lowest BCUT2D eigenvalue weighted by molar-refractivity contribution is 0.708. The number of hydrogen-bond donors (Lipinski definition) is 0. The van der Waals surface area contributed by atoms with Crippen LogP contribution in [0.15, 0.2) is 30.0 Å². The molecule has 86 valence electrons. The van der Waals surface area contributed by atoms with Crippen LogP contribution in [0, 0.1) is 19.8 Å². The molecule has 0 spiro atoms. The predicted octanol–water partition coefficient (Wildman–Crippen LogP) is 4.32. The van der Waals surface area contributed by atoms with Crippen LogP contribution in [0.4, 0.5) is 0 Å². The smallest absolute Gasteiger partial charge is 0.0412 e. The maximum absolute atomic E-state index is 2.36. The molecule has 0 aliphatic heterocycles. The molecular weight excluding hydrogens is 194 g/mol. The maximum Gasteiger partial charge on any atom is 0.0412 e. The summed E-state index contributed by atoms with van der Waals surface area (Å²) in [4.78, 5) is 0. The van der Waals surface area contributed by atoms with Gasteiger partial charge in [-0.05, 0) is 50.3 Å². The zero-order valence-corrected chi connectivity index (χ0v) is 10.7. The highest BCUT2D eigenvalue weighted by molar-refractivity contribution is 5.61. The lowest BCUT2D eigenvalue weighted by atomic mass is 9.93. The van der Waals surface area contributed by atoms with E-state index in [0.29, 0.717) is 5.92 Å². The van der Waals surface area contributed by atoms with Gasteiger partial charge in [0.25, 0.3) is 0 Å². The molecule has 16 heavy (non-hydrogen) atoms. The molecule has 0 aromatic carbocycles. The van der Waals surface area contributed by atoms with Crippen molar-refractivity contribution >= 4 is 5.70 Å². The van der Waals surface area contributed by atoms with Crippen molar-refractivity contribution in [3.63, 3.8) is 0 Å². The van der Waals surface area contributed by atoms with Gasteiger partial charge in [-0.3, -0.25) is 0 Å². The minimum atomic E-state index is 0.667. The summed E-state index contributed by atoms with van der Waals surface area (Å²) in [6.07, 6.45) is 9.33. The first-order chi connectivity index (χ1) is 7.58. The van der Waals surface area contributed by atoms with Crippen LogP contribution in [0.2, 0.25) is 0 Å². The van der Waals surface area contributed by atoms with Crippen LogP contribution in [0.25, 0.3) is 5.70 Å². The van der Waals surface area contributed by atoms with Crippen molar-refractivity contribution in [1.29, 1.82) is 0 Å². The normalized spacial score (nSPS) is 16.3. The highest BCUT2D eigenvalue weighted by atomic mass is 15.0. The summed E-state index contributed by atoms with van der Waals surface area (Å²) in [5.41, 5.74) is 5.58. The van der Waals surface area contributed by atoms with Crippen molar-refractivity contribution in [2.45, 2.75) is 40.5 Å². The van der Waals surface area contributed by atoms with Crippen LogP contribution in [0.3, 0.4) is 0 Å². The Hall–Kier alpha value is -1.24. The average molecular weight is 215 g/mol. The molecule has 0 saturated heterocycles. The molecule has 1 aromatic rings. The Kier molecular flexibility index (Phi) is 3.04. The standard InChI is InChI=1S/C15H21N/c1-11(2)14-6-5-7-15(9-14)16-10-12(3)8-13(16)4/h7-11H,5-6H2,1-4H3. The van der Waals surface area contributed by atoms with Crippen molar-refractivity contribution in [3.05, 3.63) is 41.2 Å². The molecule has 0 saturated carbocycles. The SMILES string of the molecule is Cc1cc(C)n(C2=CCCC(C(C)C)=C2)c1. The van der Waals surface area contributed by atoms with Crippen LogP contribution < -0.4 is 0 Å². The van der Waals surface area contributed by atoms with Gasteiger partial charge < -0.3 is 4.57 Å². The topological polar surface area (TPSA) is 4.93 Å². The molecule has 0 amide bonds. The molecule has 0 radical (unpaired) electrons. The van der Waals surface area contributed by atoms with Crippen molar-refractivity contribution in [3.8, 4) is 0 Å². The third kappa shape index (κ3) is 2.13. The number of hydrogen-bond acceptors (Lipinski definition) is 0. The van der Waals surface area contributed by atoms with Crippen molar-refractivity contribution < 1.29 is 0 Å². The Morgan fingerprint density at radius 2 is 2.00 bits per heavy atom. The van der Waals surface area contributed by atoms with Crippen LogP contribution >= 0.6 is 0 Å². The van der Waals surface area contributed by atoms with Gasteiger partial charge in [-0.1, -0.05) is 25.5 Å². The monoisotopic (exact) mass is 215 g/mol. The summed E-state index contributed by atoms with van der Waals surface area (Å²) in [5.74, 6) is 0.667. The van der Waals surface area contributed by atoms with E-state index >= 15 is 0 Å². The zero-order chi connectivity index (χ0) is 11.7. The molecule has 1 heterocycles. The van der Waals surface area contributed by atoms with Crippen LogP contribution in [-0.2, 0) is 0 Å². The number of aryl methyl sites for hydroxylation is 2. The Bertz CT molecular complexity index is 444. The van der Waals surface area contributed by atoms with E-state index < -0.39 is 0 Å². The third-order valence-corrected chi connectivity index (χ3v) is 3.29. The molecule has 2 rings (SSSR count). The zero-order valence-electron chi connectivity index (χ0n) is 10.7. The van der Waals surface area contributed by atoms with E-state index in [9.17, 15) is 0 Å². The summed E-state index contributed by atoms with van der Waals surface area (Å²) in [6.45, 7) is 8.89. The highest BCUT2D eigenvalue weighted by Gasteiger charge is 2.11. The van der Waals surface area contributed by atoms with E-state index in [1.165, 1.54) is 29.8 Å². The Labute approximate surface area is 98.5 Å². The molecule has 0 bridgehead atoms. The lowest BCUT2D eigenvalue weighted by Gasteiger charge is -2.18. The Morgan fingerprint density at radius 3 is 2.56 bits per heavy atom. The summed E-state index contributed by atoms with van der Waals surface area (Å²) in [7, 11) is 0. The minimum absolute atomic E-state index is 0.667. The molecule has 1 heteroatoms. The van der Waals surface area contributed by atoms with Gasteiger partial charge >= 0.3 is 0 Å².